The van der Waals surface area contributed by atoms with Gasteiger partial charge < -0.3 is 5.32 Å². The van der Waals surface area contributed by atoms with Crippen LogP contribution in [-0.4, -0.2) is 6.54 Å². The van der Waals surface area contributed by atoms with Gasteiger partial charge in [0.2, 0.25) is 0 Å². The predicted molar refractivity (Wildman–Crippen MR) is 87.9 cm³/mol. The first kappa shape index (κ1) is 16.3. The second-order valence-corrected chi connectivity index (χ2v) is 5.98. The molecule has 0 aliphatic carbocycles. The lowest BCUT2D eigenvalue weighted by molar-refractivity contribution is 0.555. The Morgan fingerprint density at radius 3 is 2.48 bits per heavy atom. The van der Waals surface area contributed by atoms with Crippen molar-refractivity contribution in [1.82, 2.24) is 5.32 Å². The van der Waals surface area contributed by atoms with Crippen LogP contribution < -0.4 is 5.32 Å². The van der Waals surface area contributed by atoms with Crippen LogP contribution in [0.3, 0.4) is 0 Å². The van der Waals surface area contributed by atoms with E-state index in [1.54, 1.807) is 24.3 Å². The first-order chi connectivity index (χ1) is 9.93. The maximum absolute atomic E-state index is 14.5. The van der Waals surface area contributed by atoms with Crippen molar-refractivity contribution in [3.8, 4) is 0 Å². The lowest BCUT2D eigenvalue weighted by Gasteiger charge is -2.23. The second-order valence-electron chi connectivity index (χ2n) is 5.13. The Labute approximate surface area is 135 Å². The quantitative estimate of drug-likeness (QED) is 0.788. The van der Waals surface area contributed by atoms with Crippen molar-refractivity contribution in [2.75, 3.05) is 6.54 Å². The van der Waals surface area contributed by atoms with E-state index in [0.29, 0.717) is 22.2 Å². The molecular weight excluding hydrogens is 308 g/mol. The van der Waals surface area contributed by atoms with E-state index < -0.39 is 0 Å². The molecule has 112 valence electrons. The molecule has 2 aromatic carbocycles. The molecule has 1 N–H and O–H groups in total. The number of aryl methyl sites for hydroxylation is 2. The van der Waals surface area contributed by atoms with Crippen LogP contribution in [0.1, 0.15) is 35.2 Å². The highest BCUT2D eigenvalue weighted by Crippen LogP contribution is 2.33. The van der Waals surface area contributed by atoms with Gasteiger partial charge in [-0.05, 0) is 61.3 Å². The Kier molecular flexibility index (Phi) is 5.26. The molecule has 0 fully saturated rings. The van der Waals surface area contributed by atoms with E-state index >= 15 is 0 Å². The van der Waals surface area contributed by atoms with Crippen LogP contribution in [0.5, 0.6) is 0 Å². The van der Waals surface area contributed by atoms with Gasteiger partial charge in [0, 0.05) is 15.6 Å². The third-order valence-electron chi connectivity index (χ3n) is 3.45. The molecule has 0 radical (unpaired) electrons. The molecule has 0 aliphatic heterocycles. The molecule has 4 heteroatoms. The van der Waals surface area contributed by atoms with E-state index in [0.717, 1.165) is 16.7 Å². The number of benzene rings is 2. The molecule has 2 aromatic rings. The highest BCUT2D eigenvalue weighted by molar-refractivity contribution is 6.33. The zero-order valence-electron chi connectivity index (χ0n) is 12.3. The largest absolute Gasteiger partial charge is 0.306 e. The summed E-state index contributed by atoms with van der Waals surface area (Å²) in [6.45, 7) is 6.47. The summed E-state index contributed by atoms with van der Waals surface area (Å²) in [6.07, 6.45) is 0. The fourth-order valence-corrected chi connectivity index (χ4v) is 3.01. The Morgan fingerprint density at radius 2 is 1.86 bits per heavy atom. The maximum Gasteiger partial charge on any atom is 0.128 e. The highest BCUT2D eigenvalue weighted by Gasteiger charge is 2.22. The van der Waals surface area contributed by atoms with Gasteiger partial charge in [0.15, 0.2) is 0 Å². The summed E-state index contributed by atoms with van der Waals surface area (Å²) < 4.78 is 14.5. The summed E-state index contributed by atoms with van der Waals surface area (Å²) in [7, 11) is 0. The summed E-state index contributed by atoms with van der Waals surface area (Å²) in [5.74, 6) is -0.227. The molecule has 21 heavy (non-hydrogen) atoms. The lowest BCUT2D eigenvalue weighted by Crippen LogP contribution is -2.24. The summed E-state index contributed by atoms with van der Waals surface area (Å²) in [5, 5.41) is 4.46. The SMILES string of the molecule is CCNC(c1cc(Cl)ccc1Cl)c1c(C)cc(C)cc1F. The summed E-state index contributed by atoms with van der Waals surface area (Å²) in [6, 6.07) is 8.46. The van der Waals surface area contributed by atoms with Crippen molar-refractivity contribution in [2.45, 2.75) is 26.8 Å². The van der Waals surface area contributed by atoms with Gasteiger partial charge in [-0.1, -0.05) is 36.2 Å². The molecule has 0 saturated carbocycles. The van der Waals surface area contributed by atoms with Crippen LogP contribution in [0.15, 0.2) is 30.3 Å². The molecule has 0 aliphatic rings. The van der Waals surface area contributed by atoms with Crippen LogP contribution >= 0.6 is 23.2 Å². The minimum absolute atomic E-state index is 0.227. The average molecular weight is 326 g/mol. The van der Waals surface area contributed by atoms with Crippen LogP contribution in [-0.2, 0) is 0 Å². The molecule has 0 aromatic heterocycles. The van der Waals surface area contributed by atoms with Gasteiger partial charge >= 0.3 is 0 Å². The number of nitrogens with one attached hydrogen (secondary N) is 1. The normalized spacial score (nSPS) is 12.5. The fraction of sp³-hybridized carbons (Fsp3) is 0.294. The molecule has 0 heterocycles. The van der Waals surface area contributed by atoms with Crippen molar-refractivity contribution in [1.29, 1.82) is 0 Å². The van der Waals surface area contributed by atoms with Crippen molar-refractivity contribution < 1.29 is 4.39 Å². The summed E-state index contributed by atoms with van der Waals surface area (Å²) in [5.41, 5.74) is 3.21. The molecule has 0 bridgehead atoms. The standard InChI is InChI=1S/C17H18Cl2FN/c1-4-21-17(13-9-12(18)5-6-14(13)19)16-11(3)7-10(2)8-15(16)20/h5-9,17,21H,4H2,1-3H3. The Hall–Kier alpha value is -1.09. The molecule has 1 unspecified atom stereocenters. The van der Waals surface area contributed by atoms with Gasteiger partial charge in [-0.15, -0.1) is 0 Å². The van der Waals surface area contributed by atoms with Crippen LogP contribution in [0.2, 0.25) is 10.0 Å². The molecule has 1 nitrogen and oxygen atoms in total. The van der Waals surface area contributed by atoms with Gasteiger partial charge in [-0.2, -0.15) is 0 Å². The van der Waals surface area contributed by atoms with Gasteiger partial charge in [0.05, 0.1) is 6.04 Å². The smallest absolute Gasteiger partial charge is 0.128 e. The number of halogens is 3. The summed E-state index contributed by atoms with van der Waals surface area (Å²) in [4.78, 5) is 0. The van der Waals surface area contributed by atoms with Gasteiger partial charge in [-0.3, -0.25) is 0 Å². The maximum atomic E-state index is 14.5. The van der Waals surface area contributed by atoms with Crippen molar-refractivity contribution >= 4 is 23.2 Å². The predicted octanol–water partition coefficient (Wildman–Crippen LogP) is 5.45. The molecule has 1 atom stereocenters. The molecule has 0 spiro atoms. The molecule has 0 saturated heterocycles. The first-order valence-electron chi connectivity index (χ1n) is 6.89. The lowest BCUT2D eigenvalue weighted by atomic mass is 9.93. The van der Waals surface area contributed by atoms with Crippen LogP contribution in [0.4, 0.5) is 4.39 Å². The molecule has 2 rings (SSSR count). The zero-order chi connectivity index (χ0) is 15.6. The highest BCUT2D eigenvalue weighted by atomic mass is 35.5. The first-order valence-corrected chi connectivity index (χ1v) is 7.64. The van der Waals surface area contributed by atoms with Crippen molar-refractivity contribution in [2.24, 2.45) is 0 Å². The van der Waals surface area contributed by atoms with E-state index in [1.165, 1.54) is 0 Å². The molecular formula is C17H18Cl2FN. The number of hydrogen-bond donors (Lipinski definition) is 1. The topological polar surface area (TPSA) is 12.0 Å². The van der Waals surface area contributed by atoms with Gasteiger partial charge in [0.25, 0.3) is 0 Å². The number of rotatable bonds is 4. The van der Waals surface area contributed by atoms with Crippen LogP contribution in [0.25, 0.3) is 0 Å². The average Bonchev–Trinajstić information content (AvgIpc) is 2.39. The third kappa shape index (κ3) is 3.57. The summed E-state index contributed by atoms with van der Waals surface area (Å²) >= 11 is 12.4. The van der Waals surface area contributed by atoms with E-state index in [2.05, 4.69) is 5.32 Å². The minimum atomic E-state index is -0.318. The van der Waals surface area contributed by atoms with E-state index in [1.807, 2.05) is 26.8 Å². The molecule has 0 amide bonds. The van der Waals surface area contributed by atoms with Crippen molar-refractivity contribution in [3.63, 3.8) is 0 Å². The van der Waals surface area contributed by atoms with E-state index in [4.69, 9.17) is 23.2 Å². The Balaban J connectivity index is 2.61. The third-order valence-corrected chi connectivity index (χ3v) is 4.03. The minimum Gasteiger partial charge on any atom is -0.306 e. The van der Waals surface area contributed by atoms with Crippen molar-refractivity contribution in [3.05, 3.63) is 68.4 Å². The van der Waals surface area contributed by atoms with E-state index in [9.17, 15) is 4.39 Å². The number of hydrogen-bond acceptors (Lipinski definition) is 1. The fourth-order valence-electron chi connectivity index (χ4n) is 2.60. The van der Waals surface area contributed by atoms with Gasteiger partial charge in [0.1, 0.15) is 5.82 Å². The van der Waals surface area contributed by atoms with Crippen LogP contribution in [0, 0.1) is 19.7 Å². The monoisotopic (exact) mass is 325 g/mol. The van der Waals surface area contributed by atoms with E-state index in [-0.39, 0.29) is 11.9 Å². The zero-order valence-corrected chi connectivity index (χ0v) is 13.8. The Bertz CT molecular complexity index is 632. The second kappa shape index (κ2) is 6.78. The van der Waals surface area contributed by atoms with Gasteiger partial charge in [-0.25, -0.2) is 4.39 Å². The Morgan fingerprint density at radius 1 is 1.14 bits per heavy atom.